The van der Waals surface area contributed by atoms with Crippen LogP contribution in [0, 0.1) is 17.0 Å². The minimum Gasteiger partial charge on any atom is -0.484 e. The highest BCUT2D eigenvalue weighted by molar-refractivity contribution is 7.92. The fourth-order valence-electron chi connectivity index (χ4n) is 2.56. The van der Waals surface area contributed by atoms with Crippen molar-refractivity contribution in [1.29, 1.82) is 0 Å². The molecule has 31 heavy (non-hydrogen) atoms. The van der Waals surface area contributed by atoms with Gasteiger partial charge in [-0.05, 0) is 43.3 Å². The Morgan fingerprint density at radius 2 is 1.74 bits per heavy atom. The maximum Gasteiger partial charge on any atom is 0.422 e. The molecule has 0 spiro atoms. The number of anilines is 1. The summed E-state index contributed by atoms with van der Waals surface area (Å²) in [5.74, 6) is -0.0632. The summed E-state index contributed by atoms with van der Waals surface area (Å²) in [5.41, 5.74) is 0.724. The lowest BCUT2D eigenvalue weighted by Crippen LogP contribution is -2.19. The number of hydrogen-bond acceptors (Lipinski definition) is 6. The van der Waals surface area contributed by atoms with Crippen molar-refractivity contribution < 1.29 is 31.2 Å². The standard InChI is InChI=1S/C18H15F3N4O5S/c1-12-10-17(24(22-12)13-2-4-14(5-3-13)25(26)27)23-31(28,29)16-8-6-15(7-9-16)30-11-18(19,20)21/h2-10,23H,11H2,1H3. The van der Waals surface area contributed by atoms with E-state index in [0.717, 1.165) is 24.3 Å². The number of non-ortho nitro benzene ring substituents is 1. The first kappa shape index (κ1) is 22.1. The summed E-state index contributed by atoms with van der Waals surface area (Å²) in [6.45, 7) is 0.136. The van der Waals surface area contributed by atoms with Crippen LogP contribution in [0.3, 0.4) is 0 Å². The SMILES string of the molecule is Cc1cc(NS(=O)(=O)c2ccc(OCC(F)(F)F)cc2)n(-c2ccc([N+](=O)[O-])cc2)n1. The highest BCUT2D eigenvalue weighted by atomic mass is 32.2. The van der Waals surface area contributed by atoms with Gasteiger partial charge in [0, 0.05) is 18.2 Å². The molecule has 164 valence electrons. The van der Waals surface area contributed by atoms with Gasteiger partial charge in [-0.1, -0.05) is 0 Å². The van der Waals surface area contributed by atoms with Crippen LogP contribution in [0.2, 0.25) is 0 Å². The van der Waals surface area contributed by atoms with Gasteiger partial charge in [0.2, 0.25) is 0 Å². The molecule has 2 aromatic carbocycles. The summed E-state index contributed by atoms with van der Waals surface area (Å²) in [5, 5.41) is 15.0. The number of sulfonamides is 1. The van der Waals surface area contributed by atoms with Gasteiger partial charge in [-0.2, -0.15) is 18.3 Å². The number of nitro benzene ring substituents is 1. The van der Waals surface area contributed by atoms with Gasteiger partial charge in [-0.3, -0.25) is 14.8 Å². The van der Waals surface area contributed by atoms with E-state index in [4.69, 9.17) is 0 Å². The van der Waals surface area contributed by atoms with Gasteiger partial charge in [0.05, 0.1) is 21.2 Å². The Morgan fingerprint density at radius 3 is 2.29 bits per heavy atom. The van der Waals surface area contributed by atoms with Crippen LogP contribution < -0.4 is 9.46 Å². The molecule has 3 rings (SSSR count). The molecule has 13 heteroatoms. The molecule has 0 saturated carbocycles. The first-order valence-electron chi connectivity index (χ1n) is 8.58. The number of nitrogens with one attached hydrogen (secondary N) is 1. The Bertz CT molecular complexity index is 1190. The first-order chi connectivity index (χ1) is 14.4. The molecule has 0 bridgehead atoms. The summed E-state index contributed by atoms with van der Waals surface area (Å²) in [4.78, 5) is 10.0. The lowest BCUT2D eigenvalue weighted by molar-refractivity contribution is -0.384. The van der Waals surface area contributed by atoms with Crippen molar-refractivity contribution in [3.63, 3.8) is 0 Å². The third-order valence-corrected chi connectivity index (χ3v) is 5.28. The zero-order chi connectivity index (χ0) is 22.8. The summed E-state index contributed by atoms with van der Waals surface area (Å²) >= 11 is 0. The lowest BCUT2D eigenvalue weighted by Gasteiger charge is -2.12. The molecule has 0 radical (unpaired) electrons. The monoisotopic (exact) mass is 456 g/mol. The normalized spacial score (nSPS) is 11.9. The van der Waals surface area contributed by atoms with E-state index in [0.29, 0.717) is 11.4 Å². The van der Waals surface area contributed by atoms with Crippen molar-refractivity contribution in [2.24, 2.45) is 0 Å². The van der Waals surface area contributed by atoms with Crippen LogP contribution in [-0.4, -0.2) is 35.9 Å². The first-order valence-corrected chi connectivity index (χ1v) is 10.1. The van der Waals surface area contributed by atoms with Crippen molar-refractivity contribution >= 4 is 21.5 Å². The van der Waals surface area contributed by atoms with E-state index in [1.54, 1.807) is 6.92 Å². The van der Waals surface area contributed by atoms with Crippen molar-refractivity contribution in [1.82, 2.24) is 9.78 Å². The molecule has 0 amide bonds. The molecule has 3 aromatic rings. The quantitative estimate of drug-likeness (QED) is 0.427. The summed E-state index contributed by atoms with van der Waals surface area (Å²) in [7, 11) is -4.11. The molecule has 0 atom stereocenters. The van der Waals surface area contributed by atoms with Gasteiger partial charge in [0.1, 0.15) is 11.6 Å². The Kier molecular flexibility index (Phi) is 5.88. The largest absolute Gasteiger partial charge is 0.484 e. The molecule has 0 fully saturated rings. The summed E-state index contributed by atoms with van der Waals surface area (Å²) in [6, 6.07) is 11.2. The third kappa shape index (κ3) is 5.51. The zero-order valence-electron chi connectivity index (χ0n) is 15.8. The smallest absolute Gasteiger partial charge is 0.422 e. The predicted molar refractivity (Wildman–Crippen MR) is 104 cm³/mol. The Hall–Kier alpha value is -3.61. The molecule has 0 aliphatic heterocycles. The summed E-state index contributed by atoms with van der Waals surface area (Å²) in [6.07, 6.45) is -4.51. The molecule has 1 aromatic heterocycles. The van der Waals surface area contributed by atoms with E-state index in [9.17, 15) is 31.7 Å². The van der Waals surface area contributed by atoms with Crippen molar-refractivity contribution in [3.05, 3.63) is 70.4 Å². The molecule has 0 saturated heterocycles. The van der Waals surface area contributed by atoms with Crippen LogP contribution in [0.4, 0.5) is 24.7 Å². The van der Waals surface area contributed by atoms with Gasteiger partial charge < -0.3 is 4.74 Å². The van der Waals surface area contributed by atoms with Crippen LogP contribution in [0.1, 0.15) is 5.69 Å². The number of ether oxygens (including phenoxy) is 1. The number of aromatic nitrogens is 2. The van der Waals surface area contributed by atoms with Gasteiger partial charge in [-0.15, -0.1) is 0 Å². The number of nitro groups is 1. The molecule has 0 unspecified atom stereocenters. The average Bonchev–Trinajstić information content (AvgIpc) is 3.05. The van der Waals surface area contributed by atoms with Gasteiger partial charge in [0.25, 0.3) is 15.7 Å². The Balaban J connectivity index is 1.83. The lowest BCUT2D eigenvalue weighted by atomic mass is 10.3. The van der Waals surface area contributed by atoms with Gasteiger partial charge in [0.15, 0.2) is 6.61 Å². The molecule has 9 nitrogen and oxygen atoms in total. The second kappa shape index (κ2) is 8.26. The Labute approximate surface area is 174 Å². The van der Waals surface area contributed by atoms with E-state index >= 15 is 0 Å². The number of nitrogens with zero attached hydrogens (tertiary/aromatic N) is 3. The van der Waals surface area contributed by atoms with E-state index in [2.05, 4.69) is 14.6 Å². The van der Waals surface area contributed by atoms with Crippen LogP contribution in [0.5, 0.6) is 5.75 Å². The minimum absolute atomic E-state index is 0.0729. The number of hydrogen-bond donors (Lipinski definition) is 1. The zero-order valence-corrected chi connectivity index (χ0v) is 16.6. The topological polar surface area (TPSA) is 116 Å². The average molecular weight is 456 g/mol. The maximum atomic E-state index is 12.7. The van der Waals surface area contributed by atoms with Crippen LogP contribution >= 0.6 is 0 Å². The number of benzene rings is 2. The van der Waals surface area contributed by atoms with E-state index in [1.807, 2.05) is 0 Å². The number of aryl methyl sites for hydroxylation is 1. The fraction of sp³-hybridized carbons (Fsp3) is 0.167. The Morgan fingerprint density at radius 1 is 1.13 bits per heavy atom. The number of alkyl halides is 3. The highest BCUT2D eigenvalue weighted by Gasteiger charge is 2.28. The van der Waals surface area contributed by atoms with Crippen molar-refractivity contribution in [3.8, 4) is 11.4 Å². The van der Waals surface area contributed by atoms with Crippen molar-refractivity contribution in [2.45, 2.75) is 18.0 Å². The summed E-state index contributed by atoms with van der Waals surface area (Å²) < 4.78 is 70.2. The predicted octanol–water partition coefficient (Wildman–Crippen LogP) is 3.83. The molecule has 1 heterocycles. The second-order valence-electron chi connectivity index (χ2n) is 6.34. The van der Waals surface area contributed by atoms with Crippen molar-refractivity contribution in [2.75, 3.05) is 11.3 Å². The van der Waals surface area contributed by atoms with E-state index in [-0.39, 0.29) is 22.2 Å². The maximum absolute atomic E-state index is 12.7. The van der Waals surface area contributed by atoms with E-state index < -0.39 is 27.7 Å². The second-order valence-corrected chi connectivity index (χ2v) is 8.02. The van der Waals surface area contributed by atoms with Crippen LogP contribution in [0.25, 0.3) is 5.69 Å². The van der Waals surface area contributed by atoms with E-state index in [1.165, 1.54) is 35.0 Å². The van der Waals surface area contributed by atoms with Gasteiger partial charge >= 0.3 is 6.18 Å². The molecular weight excluding hydrogens is 441 g/mol. The fourth-order valence-corrected chi connectivity index (χ4v) is 3.59. The molecule has 0 aliphatic carbocycles. The number of rotatable bonds is 7. The highest BCUT2D eigenvalue weighted by Crippen LogP contribution is 2.24. The third-order valence-electron chi connectivity index (χ3n) is 3.91. The van der Waals surface area contributed by atoms with Crippen LogP contribution in [-0.2, 0) is 10.0 Å². The van der Waals surface area contributed by atoms with Crippen LogP contribution in [0.15, 0.2) is 59.5 Å². The van der Waals surface area contributed by atoms with Gasteiger partial charge in [-0.25, -0.2) is 13.1 Å². The molecule has 0 aliphatic rings. The molecule has 1 N–H and O–H groups in total. The number of halogens is 3. The molecular formula is C18H15F3N4O5S. The minimum atomic E-state index is -4.51.